The molecule has 2 aromatic rings. The van der Waals surface area contributed by atoms with Gasteiger partial charge in [-0.15, -0.1) is 0 Å². The molecule has 0 spiro atoms. The van der Waals surface area contributed by atoms with Gasteiger partial charge in [0.25, 0.3) is 5.56 Å². The molecule has 1 aromatic heterocycles. The van der Waals surface area contributed by atoms with E-state index in [1.54, 1.807) is 31.2 Å². The molecular weight excluding hydrogens is 303 g/mol. The Bertz CT molecular complexity index is 713. The Morgan fingerprint density at radius 2 is 2.10 bits per heavy atom. The largest absolute Gasteiger partial charge is 0.461 e. The molecule has 7 heteroatoms. The van der Waals surface area contributed by atoms with E-state index < -0.39 is 11.5 Å². The standard InChI is InChI=1S/C13H10Cl2N2O3/c1-2-20-13(19)12-10(15)7-11(18)17(16-12)9-5-3-4-8(14)6-9/h3-7H,2H2,1H3. The summed E-state index contributed by atoms with van der Waals surface area (Å²) in [6, 6.07) is 7.65. The van der Waals surface area contributed by atoms with Crippen LogP contribution in [-0.4, -0.2) is 22.4 Å². The Kier molecular flexibility index (Phi) is 4.42. The van der Waals surface area contributed by atoms with Crippen molar-refractivity contribution in [1.82, 2.24) is 9.78 Å². The van der Waals surface area contributed by atoms with Crippen molar-refractivity contribution in [3.8, 4) is 5.69 Å². The fourth-order valence-corrected chi connectivity index (χ4v) is 1.96. The Labute approximate surface area is 124 Å². The van der Waals surface area contributed by atoms with Crippen molar-refractivity contribution in [2.24, 2.45) is 0 Å². The molecule has 1 aromatic carbocycles. The molecule has 0 aliphatic rings. The van der Waals surface area contributed by atoms with Gasteiger partial charge in [-0.3, -0.25) is 4.79 Å². The normalized spacial score (nSPS) is 10.3. The van der Waals surface area contributed by atoms with Crippen molar-refractivity contribution in [2.75, 3.05) is 6.61 Å². The van der Waals surface area contributed by atoms with E-state index in [1.165, 1.54) is 0 Å². The number of rotatable bonds is 3. The summed E-state index contributed by atoms with van der Waals surface area (Å²) < 4.78 is 5.88. The fraction of sp³-hybridized carbons (Fsp3) is 0.154. The number of nitrogens with zero attached hydrogens (tertiary/aromatic N) is 2. The van der Waals surface area contributed by atoms with Crippen molar-refractivity contribution in [1.29, 1.82) is 0 Å². The molecule has 20 heavy (non-hydrogen) atoms. The first kappa shape index (κ1) is 14.6. The predicted octanol–water partition coefficient (Wildman–Crippen LogP) is 2.72. The molecule has 0 aliphatic carbocycles. The van der Waals surface area contributed by atoms with E-state index in [-0.39, 0.29) is 17.3 Å². The average Bonchev–Trinajstić information content (AvgIpc) is 2.39. The molecule has 0 fully saturated rings. The maximum absolute atomic E-state index is 11.9. The van der Waals surface area contributed by atoms with Crippen LogP contribution >= 0.6 is 23.2 Å². The second-order valence-electron chi connectivity index (χ2n) is 3.79. The summed E-state index contributed by atoms with van der Waals surface area (Å²) in [6.07, 6.45) is 0. The highest BCUT2D eigenvalue weighted by Crippen LogP contribution is 2.16. The van der Waals surface area contributed by atoms with Crippen LogP contribution < -0.4 is 5.56 Å². The smallest absolute Gasteiger partial charge is 0.360 e. The van der Waals surface area contributed by atoms with Crippen LogP contribution in [0.3, 0.4) is 0 Å². The molecule has 0 bridgehead atoms. The highest BCUT2D eigenvalue weighted by atomic mass is 35.5. The lowest BCUT2D eigenvalue weighted by Gasteiger charge is -2.08. The molecule has 0 atom stereocenters. The van der Waals surface area contributed by atoms with Crippen LogP contribution in [0.25, 0.3) is 5.69 Å². The first-order valence-electron chi connectivity index (χ1n) is 5.76. The van der Waals surface area contributed by atoms with Gasteiger partial charge in [0.1, 0.15) is 0 Å². The number of esters is 1. The van der Waals surface area contributed by atoms with Gasteiger partial charge >= 0.3 is 5.97 Å². The summed E-state index contributed by atoms with van der Waals surface area (Å²) >= 11 is 11.7. The zero-order valence-electron chi connectivity index (χ0n) is 10.5. The van der Waals surface area contributed by atoms with Crippen molar-refractivity contribution in [2.45, 2.75) is 6.92 Å². The van der Waals surface area contributed by atoms with Gasteiger partial charge in [0.2, 0.25) is 0 Å². The van der Waals surface area contributed by atoms with Crippen LogP contribution in [0.1, 0.15) is 17.4 Å². The van der Waals surface area contributed by atoms with E-state index >= 15 is 0 Å². The zero-order valence-corrected chi connectivity index (χ0v) is 12.0. The maximum Gasteiger partial charge on any atom is 0.360 e. The van der Waals surface area contributed by atoms with Crippen LogP contribution in [0.15, 0.2) is 35.1 Å². The van der Waals surface area contributed by atoms with Gasteiger partial charge in [-0.1, -0.05) is 29.3 Å². The van der Waals surface area contributed by atoms with Gasteiger partial charge in [0.05, 0.1) is 17.3 Å². The number of carbonyl (C=O) groups is 1. The lowest BCUT2D eigenvalue weighted by atomic mass is 10.3. The molecule has 0 saturated heterocycles. The first-order valence-corrected chi connectivity index (χ1v) is 6.51. The number of halogens is 2. The van der Waals surface area contributed by atoms with Gasteiger partial charge < -0.3 is 4.74 Å². The van der Waals surface area contributed by atoms with Crippen LogP contribution in [0.2, 0.25) is 10.0 Å². The molecule has 0 unspecified atom stereocenters. The average molecular weight is 313 g/mol. The topological polar surface area (TPSA) is 61.2 Å². The molecule has 0 amide bonds. The zero-order chi connectivity index (χ0) is 14.7. The van der Waals surface area contributed by atoms with Gasteiger partial charge in [-0.25, -0.2) is 4.79 Å². The lowest BCUT2D eigenvalue weighted by molar-refractivity contribution is 0.0517. The minimum atomic E-state index is -0.687. The number of ether oxygens (including phenoxy) is 1. The number of hydrogen-bond acceptors (Lipinski definition) is 4. The number of aromatic nitrogens is 2. The highest BCUT2D eigenvalue weighted by Gasteiger charge is 2.17. The summed E-state index contributed by atoms with van der Waals surface area (Å²) in [5.74, 6) is -0.687. The maximum atomic E-state index is 11.9. The van der Waals surface area contributed by atoms with E-state index in [0.29, 0.717) is 10.7 Å². The molecule has 0 aliphatic heterocycles. The monoisotopic (exact) mass is 312 g/mol. The highest BCUT2D eigenvalue weighted by molar-refractivity contribution is 6.33. The summed E-state index contributed by atoms with van der Waals surface area (Å²) in [4.78, 5) is 23.6. The van der Waals surface area contributed by atoms with E-state index in [4.69, 9.17) is 27.9 Å². The molecule has 0 N–H and O–H groups in total. The molecule has 0 saturated carbocycles. The molecule has 104 valence electrons. The third-order valence-electron chi connectivity index (χ3n) is 2.41. The van der Waals surface area contributed by atoms with E-state index in [1.807, 2.05) is 0 Å². The molecular formula is C13H10Cl2N2O3. The van der Waals surface area contributed by atoms with Crippen molar-refractivity contribution >= 4 is 29.2 Å². The summed E-state index contributed by atoms with van der Waals surface area (Å²) in [6.45, 7) is 1.85. The van der Waals surface area contributed by atoms with Gasteiger partial charge in [0.15, 0.2) is 5.69 Å². The number of hydrogen-bond donors (Lipinski definition) is 0. The van der Waals surface area contributed by atoms with Crippen LogP contribution in [0, 0.1) is 0 Å². The van der Waals surface area contributed by atoms with Crippen molar-refractivity contribution < 1.29 is 9.53 Å². The summed E-state index contributed by atoms with van der Waals surface area (Å²) in [5, 5.41) is 4.34. The van der Waals surface area contributed by atoms with Crippen molar-refractivity contribution in [3.05, 3.63) is 56.4 Å². The van der Waals surface area contributed by atoms with E-state index in [9.17, 15) is 9.59 Å². The van der Waals surface area contributed by atoms with E-state index in [0.717, 1.165) is 10.7 Å². The van der Waals surface area contributed by atoms with Gasteiger partial charge in [0, 0.05) is 11.1 Å². The molecule has 1 heterocycles. The Hall–Kier alpha value is -1.85. The second-order valence-corrected chi connectivity index (χ2v) is 4.63. The van der Waals surface area contributed by atoms with Gasteiger partial charge in [-0.05, 0) is 25.1 Å². The summed E-state index contributed by atoms with van der Waals surface area (Å²) in [7, 11) is 0. The van der Waals surface area contributed by atoms with Crippen LogP contribution in [0.5, 0.6) is 0 Å². The molecule has 2 rings (SSSR count). The minimum Gasteiger partial charge on any atom is -0.461 e. The minimum absolute atomic E-state index is 0.0493. The second kappa shape index (κ2) is 6.07. The third-order valence-corrected chi connectivity index (χ3v) is 2.93. The first-order chi connectivity index (χ1) is 9.52. The Morgan fingerprint density at radius 1 is 1.35 bits per heavy atom. The predicted molar refractivity (Wildman–Crippen MR) is 75.8 cm³/mol. The van der Waals surface area contributed by atoms with Gasteiger partial charge in [-0.2, -0.15) is 9.78 Å². The summed E-state index contributed by atoms with van der Waals surface area (Å²) in [5.41, 5.74) is -0.150. The number of benzene rings is 1. The molecule has 0 radical (unpaired) electrons. The Morgan fingerprint density at radius 3 is 2.75 bits per heavy atom. The van der Waals surface area contributed by atoms with Crippen LogP contribution in [0.4, 0.5) is 0 Å². The van der Waals surface area contributed by atoms with Crippen molar-refractivity contribution in [3.63, 3.8) is 0 Å². The lowest BCUT2D eigenvalue weighted by Crippen LogP contribution is -2.24. The number of carbonyl (C=O) groups excluding carboxylic acids is 1. The third kappa shape index (κ3) is 3.00. The fourth-order valence-electron chi connectivity index (χ4n) is 1.57. The SMILES string of the molecule is CCOC(=O)c1nn(-c2cccc(Cl)c2)c(=O)cc1Cl. The van der Waals surface area contributed by atoms with Crippen LogP contribution in [-0.2, 0) is 4.74 Å². The Balaban J connectivity index is 2.57. The molecule has 5 nitrogen and oxygen atoms in total. The van der Waals surface area contributed by atoms with E-state index in [2.05, 4.69) is 5.10 Å². The quantitative estimate of drug-likeness (QED) is 0.818.